The minimum Gasteiger partial charge on any atom is -0.497 e. The molecule has 2 heterocycles. The topological polar surface area (TPSA) is 73.9 Å². The molecule has 0 aliphatic rings. The van der Waals surface area contributed by atoms with E-state index in [1.165, 1.54) is 0 Å². The van der Waals surface area contributed by atoms with Crippen LogP contribution in [-0.4, -0.2) is 27.2 Å². The predicted molar refractivity (Wildman–Crippen MR) is 67.3 cm³/mol. The van der Waals surface area contributed by atoms with Crippen molar-refractivity contribution < 1.29 is 9.26 Å². The molecule has 0 fully saturated rings. The molecule has 1 aromatic carbocycles. The Bertz CT molecular complexity index is 665. The highest BCUT2D eigenvalue weighted by atomic mass is 16.5. The molecule has 94 valence electrons. The summed E-state index contributed by atoms with van der Waals surface area (Å²) in [7, 11) is 1.62. The maximum atomic E-state index is 5.21. The van der Waals surface area contributed by atoms with Crippen LogP contribution in [0.25, 0.3) is 23.0 Å². The summed E-state index contributed by atoms with van der Waals surface area (Å²) in [6.07, 6.45) is 4.76. The molecule has 0 atom stereocenters. The fourth-order valence-electron chi connectivity index (χ4n) is 1.59. The maximum absolute atomic E-state index is 5.21. The van der Waals surface area contributed by atoms with Crippen molar-refractivity contribution in [2.45, 2.75) is 0 Å². The summed E-state index contributed by atoms with van der Waals surface area (Å²) in [6.45, 7) is 0. The van der Waals surface area contributed by atoms with Crippen molar-refractivity contribution in [3.63, 3.8) is 0 Å². The molecule has 0 spiro atoms. The molecule has 3 rings (SSSR count). The van der Waals surface area contributed by atoms with Gasteiger partial charge >= 0.3 is 0 Å². The van der Waals surface area contributed by atoms with Crippen LogP contribution < -0.4 is 4.74 Å². The zero-order chi connectivity index (χ0) is 13.1. The van der Waals surface area contributed by atoms with Gasteiger partial charge in [0.05, 0.1) is 13.3 Å². The zero-order valence-corrected chi connectivity index (χ0v) is 10.1. The van der Waals surface area contributed by atoms with Crippen molar-refractivity contribution in [3.05, 3.63) is 42.9 Å². The van der Waals surface area contributed by atoms with Gasteiger partial charge in [-0.05, 0) is 24.3 Å². The highest BCUT2D eigenvalue weighted by molar-refractivity contribution is 5.57. The van der Waals surface area contributed by atoms with Gasteiger partial charge < -0.3 is 9.26 Å². The average molecular weight is 254 g/mol. The van der Waals surface area contributed by atoms with Crippen molar-refractivity contribution in [1.29, 1.82) is 0 Å². The summed E-state index contributed by atoms with van der Waals surface area (Å²) >= 11 is 0. The van der Waals surface area contributed by atoms with Gasteiger partial charge in [0, 0.05) is 18.0 Å². The van der Waals surface area contributed by atoms with Crippen LogP contribution >= 0.6 is 0 Å². The standard InChI is InChI=1S/C13H10N4O2/c1-18-10-4-2-9(3-5-10)13-16-12(17-19-13)11-8-14-6-7-15-11/h2-8H,1H3. The molecule has 0 aliphatic heterocycles. The van der Waals surface area contributed by atoms with Gasteiger partial charge in [-0.3, -0.25) is 4.98 Å². The average Bonchev–Trinajstić information content (AvgIpc) is 2.98. The summed E-state index contributed by atoms with van der Waals surface area (Å²) in [5.74, 6) is 1.62. The molecule has 0 aliphatic carbocycles. The number of hydrogen-bond donors (Lipinski definition) is 0. The van der Waals surface area contributed by atoms with Gasteiger partial charge in [0.1, 0.15) is 11.4 Å². The molecular weight excluding hydrogens is 244 g/mol. The van der Waals surface area contributed by atoms with E-state index in [2.05, 4.69) is 20.1 Å². The maximum Gasteiger partial charge on any atom is 0.258 e. The van der Waals surface area contributed by atoms with E-state index >= 15 is 0 Å². The zero-order valence-electron chi connectivity index (χ0n) is 10.1. The minimum atomic E-state index is 0.416. The quantitative estimate of drug-likeness (QED) is 0.713. The summed E-state index contributed by atoms with van der Waals surface area (Å²) in [6, 6.07) is 7.38. The van der Waals surface area contributed by atoms with Crippen LogP contribution in [0.3, 0.4) is 0 Å². The van der Waals surface area contributed by atoms with Crippen molar-refractivity contribution in [3.8, 4) is 28.7 Å². The van der Waals surface area contributed by atoms with Crippen molar-refractivity contribution >= 4 is 0 Å². The molecule has 6 heteroatoms. The third-order valence-corrected chi connectivity index (χ3v) is 2.56. The number of aromatic nitrogens is 4. The fourth-order valence-corrected chi connectivity index (χ4v) is 1.59. The lowest BCUT2D eigenvalue weighted by Gasteiger charge is -1.98. The Labute approximate surface area is 109 Å². The van der Waals surface area contributed by atoms with Crippen LogP contribution in [-0.2, 0) is 0 Å². The van der Waals surface area contributed by atoms with Crippen molar-refractivity contribution in [1.82, 2.24) is 20.1 Å². The van der Waals surface area contributed by atoms with Crippen LogP contribution in [0.15, 0.2) is 47.4 Å². The molecule has 0 bridgehead atoms. The Morgan fingerprint density at radius 3 is 2.63 bits per heavy atom. The van der Waals surface area contributed by atoms with Gasteiger partial charge in [0.2, 0.25) is 5.82 Å². The lowest BCUT2D eigenvalue weighted by Crippen LogP contribution is -1.86. The Kier molecular flexibility index (Phi) is 2.89. The third-order valence-electron chi connectivity index (χ3n) is 2.56. The van der Waals surface area contributed by atoms with E-state index in [4.69, 9.17) is 9.26 Å². The number of nitrogens with zero attached hydrogens (tertiary/aromatic N) is 4. The number of rotatable bonds is 3. The first kappa shape index (κ1) is 11.3. The first-order valence-electron chi connectivity index (χ1n) is 5.61. The van der Waals surface area contributed by atoms with Crippen LogP contribution in [0.2, 0.25) is 0 Å². The van der Waals surface area contributed by atoms with Crippen LogP contribution in [0.5, 0.6) is 5.75 Å². The van der Waals surface area contributed by atoms with Crippen molar-refractivity contribution in [2.75, 3.05) is 7.11 Å². The molecule has 0 saturated heterocycles. The highest BCUT2D eigenvalue weighted by Crippen LogP contribution is 2.22. The van der Waals surface area contributed by atoms with Crippen LogP contribution in [0.4, 0.5) is 0 Å². The van der Waals surface area contributed by atoms with E-state index in [1.54, 1.807) is 25.7 Å². The SMILES string of the molecule is COc1ccc(-c2nc(-c3cnccn3)no2)cc1. The Morgan fingerprint density at radius 2 is 1.95 bits per heavy atom. The smallest absolute Gasteiger partial charge is 0.258 e. The van der Waals surface area contributed by atoms with Gasteiger partial charge in [-0.2, -0.15) is 4.98 Å². The number of methoxy groups -OCH3 is 1. The molecular formula is C13H10N4O2. The predicted octanol–water partition coefficient (Wildman–Crippen LogP) is 2.20. The second-order valence-electron chi connectivity index (χ2n) is 3.74. The van der Waals surface area contributed by atoms with E-state index in [0.29, 0.717) is 17.4 Å². The first-order valence-corrected chi connectivity index (χ1v) is 5.61. The van der Waals surface area contributed by atoms with E-state index in [9.17, 15) is 0 Å². The fraction of sp³-hybridized carbons (Fsp3) is 0.0769. The second kappa shape index (κ2) is 4.85. The molecule has 2 aromatic heterocycles. The van der Waals surface area contributed by atoms with E-state index in [-0.39, 0.29) is 0 Å². The molecule has 0 saturated carbocycles. The highest BCUT2D eigenvalue weighted by Gasteiger charge is 2.11. The first-order chi connectivity index (χ1) is 9.36. The molecule has 0 radical (unpaired) electrons. The number of hydrogen-bond acceptors (Lipinski definition) is 6. The summed E-state index contributed by atoms with van der Waals surface area (Å²) in [5, 5.41) is 3.89. The molecule has 6 nitrogen and oxygen atoms in total. The van der Waals surface area contributed by atoms with Gasteiger partial charge in [0.25, 0.3) is 5.89 Å². The van der Waals surface area contributed by atoms with Crippen molar-refractivity contribution in [2.24, 2.45) is 0 Å². The Morgan fingerprint density at radius 1 is 1.11 bits per heavy atom. The minimum absolute atomic E-state index is 0.416. The molecule has 0 amide bonds. The molecule has 0 unspecified atom stereocenters. The number of ether oxygens (including phenoxy) is 1. The van der Waals surface area contributed by atoms with E-state index in [1.807, 2.05) is 24.3 Å². The molecule has 3 aromatic rings. The summed E-state index contributed by atoms with van der Waals surface area (Å²) < 4.78 is 10.3. The largest absolute Gasteiger partial charge is 0.497 e. The number of benzene rings is 1. The van der Waals surface area contributed by atoms with E-state index in [0.717, 1.165) is 11.3 Å². The molecule has 19 heavy (non-hydrogen) atoms. The van der Waals surface area contributed by atoms with Gasteiger partial charge in [0.15, 0.2) is 0 Å². The third kappa shape index (κ3) is 2.28. The van der Waals surface area contributed by atoms with E-state index < -0.39 is 0 Å². The Balaban J connectivity index is 1.92. The summed E-state index contributed by atoms with van der Waals surface area (Å²) in [4.78, 5) is 12.4. The summed E-state index contributed by atoms with van der Waals surface area (Å²) in [5.41, 5.74) is 1.40. The monoisotopic (exact) mass is 254 g/mol. The van der Waals surface area contributed by atoms with Crippen LogP contribution in [0.1, 0.15) is 0 Å². The van der Waals surface area contributed by atoms with Gasteiger partial charge in [-0.1, -0.05) is 5.16 Å². The Hall–Kier alpha value is -2.76. The van der Waals surface area contributed by atoms with Crippen LogP contribution in [0, 0.1) is 0 Å². The lowest BCUT2D eigenvalue weighted by atomic mass is 10.2. The molecule has 0 N–H and O–H groups in total. The van der Waals surface area contributed by atoms with Gasteiger partial charge in [-0.15, -0.1) is 0 Å². The van der Waals surface area contributed by atoms with Gasteiger partial charge in [-0.25, -0.2) is 4.98 Å². The second-order valence-corrected chi connectivity index (χ2v) is 3.74. The normalized spacial score (nSPS) is 10.4. The lowest BCUT2D eigenvalue weighted by molar-refractivity contribution is 0.414.